The van der Waals surface area contributed by atoms with Gasteiger partial charge < -0.3 is 9.47 Å². The Morgan fingerprint density at radius 2 is 1.81 bits per heavy atom. The average Bonchev–Trinajstić information content (AvgIpc) is 2.44. The zero-order valence-corrected chi connectivity index (χ0v) is 13.1. The van der Waals surface area contributed by atoms with E-state index in [1.54, 1.807) is 14.2 Å². The van der Waals surface area contributed by atoms with Crippen LogP contribution in [0.4, 0.5) is 0 Å². The van der Waals surface area contributed by atoms with Gasteiger partial charge in [0.15, 0.2) is 11.5 Å². The van der Waals surface area contributed by atoms with Crippen molar-refractivity contribution in [3.8, 4) is 11.5 Å². The molecule has 0 spiro atoms. The molecular weight excluding hydrogens is 294 g/mol. The fourth-order valence-corrected chi connectivity index (χ4v) is 3.10. The van der Waals surface area contributed by atoms with Crippen molar-refractivity contribution in [3.05, 3.63) is 23.3 Å². The summed E-state index contributed by atoms with van der Waals surface area (Å²) in [5.74, 6) is 1.24. The summed E-state index contributed by atoms with van der Waals surface area (Å²) in [7, 11) is -0.640. The summed E-state index contributed by atoms with van der Waals surface area (Å²) in [5, 5.41) is 0. The van der Waals surface area contributed by atoms with E-state index in [1.807, 2.05) is 12.1 Å². The first-order valence-corrected chi connectivity index (χ1v) is 8.45. The third-order valence-electron chi connectivity index (χ3n) is 3.67. The van der Waals surface area contributed by atoms with Gasteiger partial charge in [-0.05, 0) is 42.6 Å². The van der Waals surface area contributed by atoms with E-state index in [0.717, 1.165) is 25.3 Å². The summed E-state index contributed by atoms with van der Waals surface area (Å²) >= 11 is 0. The molecule has 1 aliphatic heterocycles. The van der Waals surface area contributed by atoms with Crippen molar-refractivity contribution in [2.45, 2.75) is 19.4 Å². The van der Waals surface area contributed by atoms with Crippen LogP contribution in [0.25, 0.3) is 0 Å². The minimum atomic E-state index is -3.87. The van der Waals surface area contributed by atoms with Crippen LogP contribution in [0.2, 0.25) is 0 Å². The monoisotopic (exact) mass is 315 g/mol. The number of fused-ring (bicyclic) bond motifs is 1. The lowest BCUT2D eigenvalue weighted by Crippen LogP contribution is -2.32. The molecule has 0 saturated heterocycles. The van der Waals surface area contributed by atoms with E-state index >= 15 is 0 Å². The number of methoxy groups -OCH3 is 2. The van der Waals surface area contributed by atoms with Crippen LogP contribution in [0, 0.1) is 0 Å². The molecule has 1 aliphatic rings. The molecule has 6 nitrogen and oxygen atoms in total. The normalized spacial score (nSPS) is 15.6. The highest BCUT2D eigenvalue weighted by Crippen LogP contribution is 2.33. The first-order valence-electron chi connectivity index (χ1n) is 6.84. The number of hydrogen-bond donors (Lipinski definition) is 1. The number of nitrogens with zero attached hydrogens (tertiary/aromatic N) is 1. The van der Waals surface area contributed by atoms with E-state index < -0.39 is 10.1 Å². The highest BCUT2D eigenvalue weighted by Gasteiger charge is 2.19. The van der Waals surface area contributed by atoms with Gasteiger partial charge in [-0.25, -0.2) is 0 Å². The van der Waals surface area contributed by atoms with Crippen LogP contribution in [-0.2, 0) is 23.1 Å². The van der Waals surface area contributed by atoms with E-state index in [2.05, 4.69) is 4.90 Å². The lowest BCUT2D eigenvalue weighted by molar-refractivity contribution is 0.253. The van der Waals surface area contributed by atoms with Gasteiger partial charge in [-0.15, -0.1) is 0 Å². The summed E-state index contributed by atoms with van der Waals surface area (Å²) in [6.45, 7) is 2.27. The zero-order chi connectivity index (χ0) is 15.5. The highest BCUT2D eigenvalue weighted by atomic mass is 32.2. The maximum atomic E-state index is 10.7. The predicted octanol–water partition coefficient (Wildman–Crippen LogP) is 1.34. The molecule has 1 N–H and O–H groups in total. The van der Waals surface area contributed by atoms with Crippen molar-refractivity contribution >= 4 is 10.1 Å². The molecule has 0 radical (unpaired) electrons. The van der Waals surface area contributed by atoms with Gasteiger partial charge >= 0.3 is 0 Å². The first kappa shape index (κ1) is 16.1. The molecule has 0 amide bonds. The molecule has 7 heteroatoms. The van der Waals surface area contributed by atoms with Gasteiger partial charge in [0.05, 0.1) is 20.0 Å². The Hall–Kier alpha value is -1.31. The average molecular weight is 315 g/mol. The Bertz CT molecular complexity index is 600. The summed E-state index contributed by atoms with van der Waals surface area (Å²) < 4.78 is 40.8. The second kappa shape index (κ2) is 6.64. The van der Waals surface area contributed by atoms with E-state index in [1.165, 1.54) is 11.1 Å². The number of benzene rings is 1. The van der Waals surface area contributed by atoms with Crippen molar-refractivity contribution in [1.82, 2.24) is 4.90 Å². The molecule has 1 heterocycles. The molecule has 118 valence electrons. The van der Waals surface area contributed by atoms with Crippen molar-refractivity contribution < 1.29 is 22.4 Å². The summed E-state index contributed by atoms with van der Waals surface area (Å²) in [6.07, 6.45) is 1.32. The molecule has 0 aromatic heterocycles. The Kier molecular flexibility index (Phi) is 5.08. The van der Waals surface area contributed by atoms with Gasteiger partial charge in [-0.2, -0.15) is 8.42 Å². The van der Waals surface area contributed by atoms with Gasteiger partial charge in [0.25, 0.3) is 10.1 Å². The number of ether oxygens (including phenoxy) is 2. The second-order valence-electron chi connectivity index (χ2n) is 5.14. The molecule has 0 atom stereocenters. The van der Waals surface area contributed by atoms with Crippen molar-refractivity contribution in [3.63, 3.8) is 0 Å². The lowest BCUT2D eigenvalue weighted by atomic mass is 9.98. The van der Waals surface area contributed by atoms with E-state index in [-0.39, 0.29) is 5.75 Å². The van der Waals surface area contributed by atoms with Crippen LogP contribution in [-0.4, -0.2) is 50.9 Å². The summed E-state index contributed by atoms with van der Waals surface area (Å²) in [5.41, 5.74) is 2.41. The van der Waals surface area contributed by atoms with Gasteiger partial charge in [-0.1, -0.05) is 0 Å². The molecule has 0 unspecified atom stereocenters. The standard InChI is InChI=1S/C14H21NO5S/c1-19-13-8-11-4-6-15(5-3-7-21(16,17)18)10-12(11)9-14(13)20-2/h8-9H,3-7,10H2,1-2H3,(H,16,17,18). The van der Waals surface area contributed by atoms with E-state index in [0.29, 0.717) is 18.7 Å². The summed E-state index contributed by atoms with van der Waals surface area (Å²) in [4.78, 5) is 2.18. The molecule has 0 saturated carbocycles. The molecule has 1 aromatic carbocycles. The molecule has 0 bridgehead atoms. The maximum Gasteiger partial charge on any atom is 0.264 e. The van der Waals surface area contributed by atoms with Gasteiger partial charge in [0.2, 0.25) is 0 Å². The topological polar surface area (TPSA) is 76.1 Å². The van der Waals surface area contributed by atoms with Crippen LogP contribution in [0.15, 0.2) is 12.1 Å². The predicted molar refractivity (Wildman–Crippen MR) is 79.6 cm³/mol. The molecule has 21 heavy (non-hydrogen) atoms. The fraction of sp³-hybridized carbons (Fsp3) is 0.571. The molecule has 0 fully saturated rings. The SMILES string of the molecule is COc1cc2c(cc1OC)CN(CCCS(=O)(=O)O)CC2. The summed E-state index contributed by atoms with van der Waals surface area (Å²) in [6, 6.07) is 3.98. The highest BCUT2D eigenvalue weighted by molar-refractivity contribution is 7.85. The van der Waals surface area contributed by atoms with Crippen molar-refractivity contribution in [1.29, 1.82) is 0 Å². The Morgan fingerprint density at radius 1 is 1.19 bits per heavy atom. The number of rotatable bonds is 6. The molecule has 1 aromatic rings. The third-order valence-corrected chi connectivity index (χ3v) is 4.48. The van der Waals surface area contributed by atoms with Gasteiger partial charge in [0.1, 0.15) is 0 Å². The van der Waals surface area contributed by atoms with Gasteiger partial charge in [-0.3, -0.25) is 9.45 Å². The van der Waals surface area contributed by atoms with Crippen LogP contribution >= 0.6 is 0 Å². The molecular formula is C14H21NO5S. The van der Waals surface area contributed by atoms with Crippen molar-refractivity contribution in [2.24, 2.45) is 0 Å². The minimum absolute atomic E-state index is 0.192. The second-order valence-corrected chi connectivity index (χ2v) is 6.71. The quantitative estimate of drug-likeness (QED) is 0.798. The number of hydrogen-bond acceptors (Lipinski definition) is 5. The first-order chi connectivity index (χ1) is 9.93. The Balaban J connectivity index is 2.03. The smallest absolute Gasteiger partial charge is 0.264 e. The van der Waals surface area contributed by atoms with Crippen LogP contribution in [0.3, 0.4) is 0 Å². The lowest BCUT2D eigenvalue weighted by Gasteiger charge is -2.29. The Morgan fingerprint density at radius 3 is 2.38 bits per heavy atom. The molecule has 2 rings (SSSR count). The zero-order valence-electron chi connectivity index (χ0n) is 12.3. The van der Waals surface area contributed by atoms with E-state index in [9.17, 15) is 8.42 Å². The van der Waals surface area contributed by atoms with E-state index in [4.69, 9.17) is 14.0 Å². The Labute approximate surface area is 125 Å². The van der Waals surface area contributed by atoms with Crippen LogP contribution < -0.4 is 9.47 Å². The van der Waals surface area contributed by atoms with Crippen molar-refractivity contribution in [2.75, 3.05) is 33.1 Å². The minimum Gasteiger partial charge on any atom is -0.493 e. The van der Waals surface area contributed by atoms with Crippen LogP contribution in [0.1, 0.15) is 17.5 Å². The largest absolute Gasteiger partial charge is 0.493 e. The fourth-order valence-electron chi connectivity index (χ4n) is 2.60. The van der Waals surface area contributed by atoms with Crippen LogP contribution in [0.5, 0.6) is 11.5 Å². The maximum absolute atomic E-state index is 10.7. The third kappa shape index (κ3) is 4.33. The van der Waals surface area contributed by atoms with Gasteiger partial charge in [0, 0.05) is 13.1 Å². The molecule has 0 aliphatic carbocycles.